The van der Waals surface area contributed by atoms with Crippen LogP contribution in [0, 0.1) is 12.8 Å². The molecule has 3 rings (SSSR count). The van der Waals surface area contributed by atoms with Crippen LogP contribution in [0.25, 0.3) is 0 Å². The average Bonchev–Trinajstić information content (AvgIpc) is 2.77. The predicted molar refractivity (Wildman–Crippen MR) is 97.0 cm³/mol. The Labute approximate surface area is 144 Å². The number of aliphatic hydroxyl groups excluding tert-OH is 1. The van der Waals surface area contributed by atoms with E-state index in [1.165, 1.54) is 11.1 Å². The first-order valence-corrected chi connectivity index (χ1v) is 8.74. The van der Waals surface area contributed by atoms with Gasteiger partial charge < -0.3 is 9.84 Å². The maximum Gasteiger partial charge on any atom is 0.123 e. The van der Waals surface area contributed by atoms with Crippen LogP contribution in [0.4, 0.5) is 0 Å². The summed E-state index contributed by atoms with van der Waals surface area (Å²) in [5.41, 5.74) is 4.75. The molecule has 0 unspecified atom stereocenters. The number of ether oxygens (including phenoxy) is 1. The molecule has 1 N–H and O–H groups in total. The number of aliphatic hydroxyl groups is 1. The van der Waals surface area contributed by atoms with Gasteiger partial charge >= 0.3 is 0 Å². The molecule has 0 aliphatic carbocycles. The van der Waals surface area contributed by atoms with Crippen LogP contribution in [-0.2, 0) is 13.1 Å². The third-order valence-corrected chi connectivity index (χ3v) is 4.64. The molecule has 0 saturated heterocycles. The summed E-state index contributed by atoms with van der Waals surface area (Å²) in [6, 6.07) is 14.8. The molecule has 1 aliphatic heterocycles. The summed E-state index contributed by atoms with van der Waals surface area (Å²) in [6.45, 7) is 9.56. The molecular weight excluding hydrogens is 298 g/mol. The number of benzene rings is 2. The summed E-state index contributed by atoms with van der Waals surface area (Å²) in [6.07, 6.45) is -0.427. The molecule has 2 aromatic carbocycles. The lowest BCUT2D eigenvalue weighted by Crippen LogP contribution is -2.25. The molecule has 0 amide bonds. The summed E-state index contributed by atoms with van der Waals surface area (Å²) >= 11 is 0. The zero-order chi connectivity index (χ0) is 17.1. The summed E-state index contributed by atoms with van der Waals surface area (Å²) in [4.78, 5) is 2.40. The molecule has 1 aliphatic rings. The van der Waals surface area contributed by atoms with Gasteiger partial charge in [-0.05, 0) is 36.1 Å². The van der Waals surface area contributed by atoms with Crippen LogP contribution >= 0.6 is 0 Å². The number of nitrogens with zero attached hydrogens (tertiary/aromatic N) is 1. The molecule has 24 heavy (non-hydrogen) atoms. The van der Waals surface area contributed by atoms with Gasteiger partial charge in [0.05, 0.1) is 6.10 Å². The first kappa shape index (κ1) is 17.0. The monoisotopic (exact) mass is 325 g/mol. The Kier molecular flexibility index (Phi) is 5.22. The summed E-state index contributed by atoms with van der Waals surface area (Å²) < 4.78 is 5.91. The van der Waals surface area contributed by atoms with E-state index in [4.69, 9.17) is 4.74 Å². The van der Waals surface area contributed by atoms with Crippen molar-refractivity contribution in [2.24, 2.45) is 5.92 Å². The molecule has 1 atom stereocenters. The normalized spacial score (nSPS) is 16.4. The van der Waals surface area contributed by atoms with Crippen LogP contribution in [0.1, 0.15) is 42.2 Å². The van der Waals surface area contributed by atoms with Crippen LogP contribution in [-0.4, -0.2) is 23.2 Å². The highest BCUT2D eigenvalue weighted by molar-refractivity contribution is 5.39. The van der Waals surface area contributed by atoms with E-state index in [1.54, 1.807) is 0 Å². The van der Waals surface area contributed by atoms with Gasteiger partial charge in [0.25, 0.3) is 0 Å². The quantitative estimate of drug-likeness (QED) is 0.919. The molecule has 0 fully saturated rings. The molecule has 3 heteroatoms. The van der Waals surface area contributed by atoms with Gasteiger partial charge in [-0.25, -0.2) is 0 Å². The minimum absolute atomic E-state index is 0.207. The van der Waals surface area contributed by atoms with E-state index in [1.807, 2.05) is 26.0 Å². The summed E-state index contributed by atoms with van der Waals surface area (Å²) in [5, 5.41) is 10.3. The molecule has 0 aromatic heterocycles. The second-order valence-corrected chi connectivity index (χ2v) is 7.10. The summed E-state index contributed by atoms with van der Waals surface area (Å²) in [7, 11) is 0. The van der Waals surface area contributed by atoms with Crippen molar-refractivity contribution in [1.82, 2.24) is 4.90 Å². The molecule has 0 bridgehead atoms. The van der Waals surface area contributed by atoms with E-state index in [0.717, 1.165) is 36.5 Å². The van der Waals surface area contributed by atoms with Gasteiger partial charge in [0, 0.05) is 25.2 Å². The third kappa shape index (κ3) is 3.97. The van der Waals surface area contributed by atoms with E-state index >= 15 is 0 Å². The fourth-order valence-electron chi connectivity index (χ4n) is 3.12. The van der Waals surface area contributed by atoms with E-state index in [-0.39, 0.29) is 5.92 Å². The number of rotatable bonds is 4. The number of fused-ring (bicyclic) bond motifs is 1. The van der Waals surface area contributed by atoms with Crippen molar-refractivity contribution >= 4 is 0 Å². The van der Waals surface area contributed by atoms with Crippen molar-refractivity contribution < 1.29 is 9.84 Å². The van der Waals surface area contributed by atoms with Crippen LogP contribution in [0.2, 0.25) is 0 Å². The Bertz CT molecular complexity index is 679. The third-order valence-electron chi connectivity index (χ3n) is 4.64. The molecule has 0 saturated carbocycles. The molecule has 3 nitrogen and oxygen atoms in total. The van der Waals surface area contributed by atoms with Crippen LogP contribution < -0.4 is 4.74 Å². The van der Waals surface area contributed by atoms with Gasteiger partial charge in [0.2, 0.25) is 0 Å². The van der Waals surface area contributed by atoms with Gasteiger partial charge in [-0.15, -0.1) is 0 Å². The van der Waals surface area contributed by atoms with Gasteiger partial charge in [-0.3, -0.25) is 4.90 Å². The lowest BCUT2D eigenvalue weighted by Gasteiger charge is -2.20. The van der Waals surface area contributed by atoms with Crippen molar-refractivity contribution in [3.63, 3.8) is 0 Å². The highest BCUT2D eigenvalue weighted by Crippen LogP contribution is 2.29. The molecule has 2 aromatic rings. The second kappa shape index (κ2) is 7.37. The fourth-order valence-corrected chi connectivity index (χ4v) is 3.12. The SMILES string of the molecule is Cc1ccc(CN2CCOc3ccc([C@@H](O)C(C)C)cc3C2)cc1. The molecule has 128 valence electrons. The van der Waals surface area contributed by atoms with Gasteiger partial charge in [0.1, 0.15) is 12.4 Å². The van der Waals surface area contributed by atoms with Crippen molar-refractivity contribution in [3.05, 3.63) is 64.7 Å². The van der Waals surface area contributed by atoms with Crippen molar-refractivity contribution in [3.8, 4) is 5.75 Å². The first-order chi connectivity index (χ1) is 11.5. The lowest BCUT2D eigenvalue weighted by atomic mass is 9.97. The minimum atomic E-state index is -0.427. The topological polar surface area (TPSA) is 32.7 Å². The van der Waals surface area contributed by atoms with Crippen molar-refractivity contribution in [2.45, 2.75) is 40.0 Å². The Balaban J connectivity index is 1.78. The van der Waals surface area contributed by atoms with Gasteiger partial charge in [-0.1, -0.05) is 49.7 Å². The largest absolute Gasteiger partial charge is 0.492 e. The summed E-state index contributed by atoms with van der Waals surface area (Å²) in [5.74, 6) is 1.15. The van der Waals surface area contributed by atoms with E-state index in [9.17, 15) is 5.11 Å². The van der Waals surface area contributed by atoms with Crippen LogP contribution in [0.15, 0.2) is 42.5 Å². The smallest absolute Gasteiger partial charge is 0.123 e. The molecule has 0 spiro atoms. The predicted octanol–water partition coefficient (Wildman–Crippen LogP) is 4.08. The highest BCUT2D eigenvalue weighted by atomic mass is 16.5. The minimum Gasteiger partial charge on any atom is -0.492 e. The number of hydrogen-bond donors (Lipinski definition) is 1. The molecular formula is C21H27NO2. The maximum absolute atomic E-state index is 10.3. The van der Waals surface area contributed by atoms with Crippen molar-refractivity contribution in [1.29, 1.82) is 0 Å². The molecule has 0 radical (unpaired) electrons. The Morgan fingerprint density at radius 3 is 2.58 bits per heavy atom. The maximum atomic E-state index is 10.3. The standard InChI is InChI=1S/C21H27NO2/c1-15(2)21(23)18-8-9-20-19(12-18)14-22(10-11-24-20)13-17-6-4-16(3)5-7-17/h4-9,12,15,21,23H,10-11,13-14H2,1-3H3/t21-/m0/s1. The average molecular weight is 325 g/mol. The Morgan fingerprint density at radius 2 is 1.88 bits per heavy atom. The van der Waals surface area contributed by atoms with E-state index in [2.05, 4.69) is 42.2 Å². The van der Waals surface area contributed by atoms with E-state index < -0.39 is 6.10 Å². The van der Waals surface area contributed by atoms with E-state index in [0.29, 0.717) is 6.61 Å². The highest BCUT2D eigenvalue weighted by Gasteiger charge is 2.19. The first-order valence-electron chi connectivity index (χ1n) is 8.74. The van der Waals surface area contributed by atoms with Crippen molar-refractivity contribution in [2.75, 3.05) is 13.2 Å². The zero-order valence-electron chi connectivity index (χ0n) is 14.8. The van der Waals surface area contributed by atoms with Crippen LogP contribution in [0.5, 0.6) is 5.75 Å². The van der Waals surface area contributed by atoms with Gasteiger partial charge in [-0.2, -0.15) is 0 Å². The zero-order valence-corrected chi connectivity index (χ0v) is 14.8. The van der Waals surface area contributed by atoms with Gasteiger partial charge in [0.15, 0.2) is 0 Å². The Morgan fingerprint density at radius 1 is 1.12 bits per heavy atom. The fraction of sp³-hybridized carbons (Fsp3) is 0.429. The Hall–Kier alpha value is -1.84. The second-order valence-electron chi connectivity index (χ2n) is 7.10. The number of hydrogen-bond acceptors (Lipinski definition) is 3. The molecule has 1 heterocycles. The number of aryl methyl sites for hydroxylation is 1. The van der Waals surface area contributed by atoms with Crippen LogP contribution in [0.3, 0.4) is 0 Å². The lowest BCUT2D eigenvalue weighted by molar-refractivity contribution is 0.126.